The van der Waals surface area contributed by atoms with Crippen molar-refractivity contribution in [3.63, 3.8) is 0 Å². The summed E-state index contributed by atoms with van der Waals surface area (Å²) in [6, 6.07) is 17.0. The van der Waals surface area contributed by atoms with Gasteiger partial charge >= 0.3 is 0 Å². The molecule has 2 aromatic rings. The van der Waals surface area contributed by atoms with E-state index >= 15 is 0 Å². The third-order valence-corrected chi connectivity index (χ3v) is 5.16. The van der Waals surface area contributed by atoms with Crippen molar-refractivity contribution >= 4 is 11.6 Å². The number of para-hydroxylation sites is 1. The van der Waals surface area contributed by atoms with Crippen molar-refractivity contribution in [2.45, 2.75) is 38.6 Å². The summed E-state index contributed by atoms with van der Waals surface area (Å²) in [5.74, 6) is 0.0112. The van der Waals surface area contributed by atoms with Crippen molar-refractivity contribution in [1.82, 2.24) is 4.90 Å². The van der Waals surface area contributed by atoms with Crippen LogP contribution in [0.15, 0.2) is 54.6 Å². The fourth-order valence-corrected chi connectivity index (χ4v) is 3.66. The zero-order chi connectivity index (χ0) is 18.4. The van der Waals surface area contributed by atoms with Crippen LogP contribution in [0, 0.1) is 5.82 Å². The van der Waals surface area contributed by atoms with Gasteiger partial charge in [-0.25, -0.2) is 4.39 Å². The van der Waals surface area contributed by atoms with E-state index < -0.39 is 0 Å². The molecule has 0 aromatic heterocycles. The Bertz CT molecular complexity index is 694. The number of anilines is 1. The van der Waals surface area contributed by atoms with Gasteiger partial charge in [0.1, 0.15) is 5.82 Å². The van der Waals surface area contributed by atoms with Crippen LogP contribution in [0.2, 0.25) is 0 Å². The van der Waals surface area contributed by atoms with E-state index in [-0.39, 0.29) is 17.8 Å². The fourth-order valence-electron chi connectivity index (χ4n) is 3.66. The highest BCUT2D eigenvalue weighted by Crippen LogP contribution is 2.24. The van der Waals surface area contributed by atoms with Crippen molar-refractivity contribution in [2.24, 2.45) is 0 Å². The minimum atomic E-state index is -0.184. The Morgan fingerprint density at radius 3 is 2.35 bits per heavy atom. The summed E-state index contributed by atoms with van der Waals surface area (Å²) in [5.41, 5.74) is 2.17. The number of hydrogen-bond acceptors (Lipinski definition) is 2. The molecule has 1 aliphatic heterocycles. The summed E-state index contributed by atoms with van der Waals surface area (Å²) < 4.78 is 13.0. The van der Waals surface area contributed by atoms with Crippen LogP contribution in [-0.4, -0.2) is 36.5 Å². The molecule has 2 aromatic carbocycles. The molecule has 0 spiro atoms. The predicted octanol–water partition coefficient (Wildman–Crippen LogP) is 4.28. The molecule has 0 atom stereocenters. The van der Waals surface area contributed by atoms with Crippen LogP contribution in [0.5, 0.6) is 0 Å². The molecule has 1 fully saturated rings. The maximum absolute atomic E-state index is 13.0. The van der Waals surface area contributed by atoms with Crippen LogP contribution in [0.4, 0.5) is 10.1 Å². The molecule has 1 amide bonds. The maximum Gasteiger partial charge on any atom is 0.226 e. The number of nitrogens with zero attached hydrogens (tertiary/aromatic N) is 2. The highest BCUT2D eigenvalue weighted by atomic mass is 18.2. The highest BCUT2D eigenvalue weighted by Gasteiger charge is 2.28. The van der Waals surface area contributed by atoms with Crippen molar-refractivity contribution in [3.8, 4) is 0 Å². The molecule has 1 saturated heterocycles. The Morgan fingerprint density at radius 1 is 1.08 bits per heavy atom. The number of likely N-dealkylation sites (tertiary alicyclic amines) is 1. The lowest BCUT2D eigenvalue weighted by Crippen LogP contribution is -2.47. The largest absolute Gasteiger partial charge is 0.309 e. The molecular weight excluding hydrogens is 326 g/mol. The second kappa shape index (κ2) is 8.95. The van der Waals surface area contributed by atoms with E-state index in [9.17, 15) is 9.18 Å². The van der Waals surface area contributed by atoms with Gasteiger partial charge in [0.2, 0.25) is 5.91 Å². The number of hydrogen-bond donors (Lipinski definition) is 0. The van der Waals surface area contributed by atoms with Crippen molar-refractivity contribution in [2.75, 3.05) is 24.5 Å². The Morgan fingerprint density at radius 2 is 1.73 bits per heavy atom. The molecule has 0 aliphatic carbocycles. The van der Waals surface area contributed by atoms with Gasteiger partial charge < -0.3 is 9.80 Å². The van der Waals surface area contributed by atoms with Crippen LogP contribution in [0.1, 0.15) is 31.7 Å². The first-order valence-electron chi connectivity index (χ1n) is 9.51. The molecule has 0 bridgehead atoms. The summed E-state index contributed by atoms with van der Waals surface area (Å²) in [7, 11) is 0. The second-order valence-corrected chi connectivity index (χ2v) is 6.90. The van der Waals surface area contributed by atoms with Crippen molar-refractivity contribution < 1.29 is 9.18 Å². The van der Waals surface area contributed by atoms with E-state index in [1.54, 1.807) is 0 Å². The quantitative estimate of drug-likeness (QED) is 0.774. The van der Waals surface area contributed by atoms with E-state index in [1.165, 1.54) is 17.7 Å². The smallest absolute Gasteiger partial charge is 0.226 e. The monoisotopic (exact) mass is 353 g/mol. The summed E-state index contributed by atoms with van der Waals surface area (Å²) in [5, 5.41) is 0. The molecule has 26 heavy (non-hydrogen) atoms. The molecule has 0 unspecified atom stereocenters. The van der Waals surface area contributed by atoms with Gasteiger partial charge in [-0.3, -0.25) is 4.79 Å². The first-order chi connectivity index (χ1) is 12.7. The van der Waals surface area contributed by atoms with Gasteiger partial charge in [0.15, 0.2) is 0 Å². The van der Waals surface area contributed by atoms with E-state index in [0.29, 0.717) is 6.42 Å². The summed E-state index contributed by atoms with van der Waals surface area (Å²) >= 11 is 0. The maximum atomic E-state index is 13.0. The molecular formula is C22H27FN2O. The number of benzene rings is 2. The third kappa shape index (κ3) is 4.70. The number of carbonyl (C=O) groups excluding carboxylic acids is 1. The normalized spacial score (nSPS) is 15.8. The number of piperidine rings is 1. The first kappa shape index (κ1) is 18.6. The van der Waals surface area contributed by atoms with Gasteiger partial charge in [0.25, 0.3) is 0 Å². The SMILES string of the molecule is CCC(=O)N(c1ccccc1)C1CCN(CCc2ccc([18F])cc2)CC1. The van der Waals surface area contributed by atoms with Crippen LogP contribution >= 0.6 is 0 Å². The minimum absolute atomic E-state index is 0.184. The molecule has 0 saturated carbocycles. The molecule has 0 radical (unpaired) electrons. The molecule has 1 heterocycles. The number of rotatable bonds is 6. The lowest BCUT2D eigenvalue weighted by molar-refractivity contribution is -0.119. The van der Waals surface area contributed by atoms with E-state index in [1.807, 2.05) is 54.3 Å². The van der Waals surface area contributed by atoms with Gasteiger partial charge in [0, 0.05) is 37.8 Å². The number of halogens is 1. The van der Waals surface area contributed by atoms with Gasteiger partial charge in [-0.05, 0) is 49.1 Å². The molecule has 3 rings (SSSR count). The van der Waals surface area contributed by atoms with Gasteiger partial charge in [0.05, 0.1) is 0 Å². The Balaban J connectivity index is 1.56. The molecule has 1 aliphatic rings. The van der Waals surface area contributed by atoms with E-state index in [0.717, 1.165) is 44.6 Å². The van der Waals surface area contributed by atoms with Crippen molar-refractivity contribution in [3.05, 3.63) is 66.0 Å². The average molecular weight is 353 g/mol. The lowest BCUT2D eigenvalue weighted by Gasteiger charge is -2.38. The van der Waals surface area contributed by atoms with Gasteiger partial charge in [-0.2, -0.15) is 0 Å². The average Bonchev–Trinajstić information content (AvgIpc) is 2.69. The Labute approximate surface area is 155 Å². The predicted molar refractivity (Wildman–Crippen MR) is 104 cm³/mol. The number of amides is 1. The summed E-state index contributed by atoms with van der Waals surface area (Å²) in [4.78, 5) is 17.0. The van der Waals surface area contributed by atoms with Crippen LogP contribution in [0.3, 0.4) is 0 Å². The highest BCUT2D eigenvalue weighted by molar-refractivity contribution is 5.93. The van der Waals surface area contributed by atoms with E-state index in [2.05, 4.69) is 4.90 Å². The van der Waals surface area contributed by atoms with Crippen molar-refractivity contribution in [1.29, 1.82) is 0 Å². The zero-order valence-corrected chi connectivity index (χ0v) is 15.4. The first-order valence-corrected chi connectivity index (χ1v) is 9.51. The van der Waals surface area contributed by atoms with Crippen LogP contribution in [0.25, 0.3) is 0 Å². The topological polar surface area (TPSA) is 23.6 Å². The third-order valence-electron chi connectivity index (χ3n) is 5.16. The number of carbonyl (C=O) groups is 1. The Hall–Kier alpha value is -2.20. The van der Waals surface area contributed by atoms with Crippen LogP contribution < -0.4 is 4.90 Å². The standard InChI is InChI=1S/C22H27FN2O/c1-2-22(26)25(20-6-4-3-5-7-20)21-13-16-24(17-14-21)15-12-18-8-10-19(23)11-9-18/h3-11,21H,2,12-17H2,1H3/i23-1. The minimum Gasteiger partial charge on any atom is -0.309 e. The molecule has 0 N–H and O–H groups in total. The summed E-state index contributed by atoms with van der Waals surface area (Å²) in [6.45, 7) is 4.89. The molecule has 3 nitrogen and oxygen atoms in total. The fraction of sp³-hybridized carbons (Fsp3) is 0.409. The Kier molecular flexibility index (Phi) is 6.40. The second-order valence-electron chi connectivity index (χ2n) is 6.90. The van der Waals surface area contributed by atoms with E-state index in [4.69, 9.17) is 0 Å². The van der Waals surface area contributed by atoms with Gasteiger partial charge in [-0.1, -0.05) is 37.3 Å². The summed E-state index contributed by atoms with van der Waals surface area (Å²) in [6.07, 6.45) is 3.44. The zero-order valence-electron chi connectivity index (χ0n) is 15.4. The molecule has 138 valence electrons. The lowest BCUT2D eigenvalue weighted by atomic mass is 10.0. The molecule has 4 heteroatoms. The van der Waals surface area contributed by atoms with Gasteiger partial charge in [-0.15, -0.1) is 0 Å². The van der Waals surface area contributed by atoms with Crippen LogP contribution in [-0.2, 0) is 11.2 Å².